The number of aromatic nitrogens is 1. The molecule has 0 radical (unpaired) electrons. The van der Waals surface area contributed by atoms with Gasteiger partial charge in [0.05, 0.1) is 5.92 Å². The molecule has 2 heteroatoms. The van der Waals surface area contributed by atoms with Crippen molar-refractivity contribution in [1.29, 1.82) is 0 Å². The van der Waals surface area contributed by atoms with Crippen LogP contribution in [0.4, 0.5) is 0 Å². The van der Waals surface area contributed by atoms with Gasteiger partial charge in [0.2, 0.25) is 5.89 Å². The highest BCUT2D eigenvalue weighted by atomic mass is 16.3. The van der Waals surface area contributed by atoms with E-state index >= 15 is 0 Å². The van der Waals surface area contributed by atoms with Crippen LogP contribution in [-0.2, 0) is 0 Å². The van der Waals surface area contributed by atoms with Crippen LogP contribution in [0.1, 0.15) is 25.2 Å². The van der Waals surface area contributed by atoms with Crippen LogP contribution in [-0.4, -0.2) is 4.98 Å². The zero-order chi connectivity index (χ0) is 9.97. The maximum atomic E-state index is 5.56. The summed E-state index contributed by atoms with van der Waals surface area (Å²) in [6, 6.07) is 7.68. The van der Waals surface area contributed by atoms with Crippen LogP contribution in [0.15, 0.2) is 28.7 Å². The molecule has 1 aromatic heterocycles. The number of para-hydroxylation sites is 2. The topological polar surface area (TPSA) is 26.0 Å². The Kier molecular flexibility index (Phi) is 2.24. The van der Waals surface area contributed by atoms with E-state index in [0.717, 1.165) is 17.5 Å². The van der Waals surface area contributed by atoms with Crippen molar-refractivity contribution < 1.29 is 4.42 Å². The lowest BCUT2D eigenvalue weighted by atomic mass is 10.1. The summed E-state index contributed by atoms with van der Waals surface area (Å²) in [5.74, 6) is 3.31. The van der Waals surface area contributed by atoms with Gasteiger partial charge < -0.3 is 4.42 Å². The summed E-state index contributed by atoms with van der Waals surface area (Å²) < 4.78 is 5.56. The van der Waals surface area contributed by atoms with E-state index < -0.39 is 0 Å². The normalized spacial score (nSPS) is 12.6. The van der Waals surface area contributed by atoms with Gasteiger partial charge in [0.25, 0.3) is 0 Å². The molecule has 0 aliphatic heterocycles. The van der Waals surface area contributed by atoms with Crippen LogP contribution in [0.3, 0.4) is 0 Å². The molecule has 2 aromatic rings. The van der Waals surface area contributed by atoms with Crippen molar-refractivity contribution in [2.45, 2.75) is 19.3 Å². The Labute approximate surface area is 83.0 Å². The van der Waals surface area contributed by atoms with E-state index in [1.54, 1.807) is 0 Å². The van der Waals surface area contributed by atoms with Gasteiger partial charge in [-0.3, -0.25) is 0 Å². The zero-order valence-corrected chi connectivity index (χ0v) is 8.03. The molecule has 0 fully saturated rings. The molecular formula is C12H11NO. The first-order valence-corrected chi connectivity index (χ1v) is 4.66. The van der Waals surface area contributed by atoms with Crippen molar-refractivity contribution in [3.05, 3.63) is 30.2 Å². The molecule has 0 N–H and O–H groups in total. The van der Waals surface area contributed by atoms with Gasteiger partial charge in [-0.1, -0.05) is 25.0 Å². The van der Waals surface area contributed by atoms with E-state index in [0.29, 0.717) is 5.89 Å². The van der Waals surface area contributed by atoms with E-state index in [1.807, 2.05) is 31.2 Å². The maximum Gasteiger partial charge on any atom is 0.210 e. The Bertz CT molecular complexity index is 445. The minimum atomic E-state index is -0.0117. The molecule has 2 nitrogen and oxygen atoms in total. The molecule has 0 saturated carbocycles. The molecule has 0 amide bonds. The van der Waals surface area contributed by atoms with Crippen LogP contribution in [0.2, 0.25) is 0 Å². The molecule has 2 rings (SSSR count). The second kappa shape index (κ2) is 3.55. The Balaban J connectivity index is 2.50. The largest absolute Gasteiger partial charge is 0.439 e. The SMILES string of the molecule is C#CC(CC)c1nc2ccccc2o1. The van der Waals surface area contributed by atoms with Gasteiger partial charge in [-0.15, -0.1) is 6.42 Å². The molecule has 0 spiro atoms. The molecule has 1 unspecified atom stereocenters. The Morgan fingerprint density at radius 1 is 1.50 bits per heavy atom. The smallest absolute Gasteiger partial charge is 0.210 e. The lowest BCUT2D eigenvalue weighted by Gasteiger charge is -1.99. The van der Waals surface area contributed by atoms with Crippen molar-refractivity contribution in [2.24, 2.45) is 0 Å². The molecule has 0 aliphatic carbocycles. The van der Waals surface area contributed by atoms with E-state index in [1.165, 1.54) is 0 Å². The minimum absolute atomic E-state index is 0.0117. The highest BCUT2D eigenvalue weighted by Crippen LogP contribution is 2.22. The predicted octanol–water partition coefficient (Wildman–Crippen LogP) is 2.95. The molecule has 1 aromatic carbocycles. The predicted molar refractivity (Wildman–Crippen MR) is 55.9 cm³/mol. The second-order valence-corrected chi connectivity index (χ2v) is 3.15. The minimum Gasteiger partial charge on any atom is -0.439 e. The van der Waals surface area contributed by atoms with Crippen LogP contribution in [0, 0.1) is 12.3 Å². The van der Waals surface area contributed by atoms with E-state index in [2.05, 4.69) is 10.9 Å². The highest BCUT2D eigenvalue weighted by molar-refractivity contribution is 5.72. The first-order valence-electron chi connectivity index (χ1n) is 4.66. The average Bonchev–Trinajstić information content (AvgIpc) is 2.63. The molecule has 1 heterocycles. The standard InChI is InChI=1S/C12H11NO/c1-3-9(4-2)12-13-10-7-5-6-8-11(10)14-12/h1,5-9H,4H2,2H3. The summed E-state index contributed by atoms with van der Waals surface area (Å²) in [6.07, 6.45) is 6.24. The molecule has 0 saturated heterocycles. The summed E-state index contributed by atoms with van der Waals surface area (Å²) in [7, 11) is 0. The number of fused-ring (bicyclic) bond motifs is 1. The third-order valence-electron chi connectivity index (χ3n) is 2.22. The van der Waals surface area contributed by atoms with Crippen molar-refractivity contribution in [3.63, 3.8) is 0 Å². The Hall–Kier alpha value is -1.75. The van der Waals surface area contributed by atoms with Gasteiger partial charge in [0, 0.05) is 0 Å². The number of benzene rings is 1. The van der Waals surface area contributed by atoms with E-state index in [9.17, 15) is 0 Å². The zero-order valence-electron chi connectivity index (χ0n) is 8.03. The van der Waals surface area contributed by atoms with Gasteiger partial charge >= 0.3 is 0 Å². The third kappa shape index (κ3) is 1.38. The first kappa shape index (κ1) is 8.83. The monoisotopic (exact) mass is 185 g/mol. The van der Waals surface area contributed by atoms with Gasteiger partial charge in [-0.05, 0) is 18.6 Å². The van der Waals surface area contributed by atoms with Crippen LogP contribution in [0.5, 0.6) is 0 Å². The fourth-order valence-corrected chi connectivity index (χ4v) is 1.40. The third-order valence-corrected chi connectivity index (χ3v) is 2.22. The number of rotatable bonds is 2. The molecular weight excluding hydrogens is 174 g/mol. The van der Waals surface area contributed by atoms with Gasteiger partial charge in [0.1, 0.15) is 5.52 Å². The summed E-state index contributed by atoms with van der Waals surface area (Å²) in [4.78, 5) is 4.35. The maximum absolute atomic E-state index is 5.56. The van der Waals surface area contributed by atoms with Crippen molar-refractivity contribution in [1.82, 2.24) is 4.98 Å². The Morgan fingerprint density at radius 3 is 2.93 bits per heavy atom. The first-order chi connectivity index (χ1) is 6.85. The summed E-state index contributed by atoms with van der Waals surface area (Å²) >= 11 is 0. The fourth-order valence-electron chi connectivity index (χ4n) is 1.40. The lowest BCUT2D eigenvalue weighted by molar-refractivity contribution is 0.505. The van der Waals surface area contributed by atoms with Crippen molar-refractivity contribution in [3.8, 4) is 12.3 Å². The summed E-state index contributed by atoms with van der Waals surface area (Å²) in [5, 5.41) is 0. The average molecular weight is 185 g/mol. The van der Waals surface area contributed by atoms with Crippen molar-refractivity contribution >= 4 is 11.1 Å². The second-order valence-electron chi connectivity index (χ2n) is 3.15. The number of hydrogen-bond donors (Lipinski definition) is 0. The van der Waals surface area contributed by atoms with E-state index in [-0.39, 0.29) is 5.92 Å². The van der Waals surface area contributed by atoms with Crippen LogP contribution >= 0.6 is 0 Å². The number of nitrogens with zero attached hydrogens (tertiary/aromatic N) is 1. The fraction of sp³-hybridized carbons (Fsp3) is 0.250. The highest BCUT2D eigenvalue weighted by Gasteiger charge is 2.12. The lowest BCUT2D eigenvalue weighted by Crippen LogP contribution is -1.92. The number of terminal acetylenes is 1. The van der Waals surface area contributed by atoms with Gasteiger partial charge in [-0.25, -0.2) is 4.98 Å². The summed E-state index contributed by atoms with van der Waals surface area (Å²) in [5.41, 5.74) is 1.67. The molecule has 14 heavy (non-hydrogen) atoms. The molecule has 1 atom stereocenters. The van der Waals surface area contributed by atoms with E-state index in [4.69, 9.17) is 10.8 Å². The molecule has 0 aliphatic rings. The van der Waals surface area contributed by atoms with Gasteiger partial charge in [0.15, 0.2) is 5.58 Å². The van der Waals surface area contributed by atoms with Gasteiger partial charge in [-0.2, -0.15) is 0 Å². The van der Waals surface area contributed by atoms with Crippen LogP contribution in [0.25, 0.3) is 11.1 Å². The summed E-state index contributed by atoms with van der Waals surface area (Å²) in [6.45, 7) is 2.03. The molecule has 70 valence electrons. The number of oxazole rings is 1. The Morgan fingerprint density at radius 2 is 2.29 bits per heavy atom. The quantitative estimate of drug-likeness (QED) is 0.672. The number of hydrogen-bond acceptors (Lipinski definition) is 2. The molecule has 0 bridgehead atoms. The van der Waals surface area contributed by atoms with Crippen molar-refractivity contribution in [2.75, 3.05) is 0 Å². The van der Waals surface area contributed by atoms with Crippen LogP contribution < -0.4 is 0 Å².